The van der Waals surface area contributed by atoms with E-state index in [1.807, 2.05) is 13.8 Å². The van der Waals surface area contributed by atoms with E-state index < -0.39 is 10.2 Å². The van der Waals surface area contributed by atoms with E-state index in [1.165, 1.54) is 4.31 Å². The van der Waals surface area contributed by atoms with Crippen LogP contribution in [0.2, 0.25) is 0 Å². The summed E-state index contributed by atoms with van der Waals surface area (Å²) in [6.45, 7) is 5.61. The molecule has 0 aromatic heterocycles. The Bertz CT molecular complexity index is 373. The minimum atomic E-state index is -3.37. The van der Waals surface area contributed by atoms with Crippen LogP contribution in [-0.2, 0) is 14.9 Å². The summed E-state index contributed by atoms with van der Waals surface area (Å²) in [7, 11) is -3.37. The number of morpholine rings is 1. The fourth-order valence-corrected chi connectivity index (χ4v) is 4.23. The van der Waals surface area contributed by atoms with Crippen molar-refractivity contribution >= 4 is 10.2 Å². The smallest absolute Gasteiger partial charge is 0.282 e. The first-order valence-electron chi connectivity index (χ1n) is 6.05. The van der Waals surface area contributed by atoms with Crippen LogP contribution in [0.3, 0.4) is 0 Å². The van der Waals surface area contributed by atoms with Crippen LogP contribution >= 0.6 is 0 Å². The number of ether oxygens (including phenoxy) is 1. The van der Waals surface area contributed by atoms with Gasteiger partial charge >= 0.3 is 0 Å². The maximum absolute atomic E-state index is 12.4. The molecule has 2 fully saturated rings. The molecule has 0 saturated carbocycles. The molecule has 6 nitrogen and oxygen atoms in total. The standard InChI is InChI=1S/C10H21N3O3S/c1-8-7-16-9(2)5-13(8)17(14,15)12-4-3-10(11)6-12/h8-10H,3-7,11H2,1-2H3/t8?,9?,10-/m0/s1. The Morgan fingerprint density at radius 1 is 1.29 bits per heavy atom. The normalized spacial score (nSPS) is 37.5. The zero-order valence-electron chi connectivity index (χ0n) is 10.4. The van der Waals surface area contributed by atoms with Crippen LogP contribution in [0.5, 0.6) is 0 Å². The Labute approximate surface area is 103 Å². The Balaban J connectivity index is 2.13. The summed E-state index contributed by atoms with van der Waals surface area (Å²) in [4.78, 5) is 0. The predicted molar refractivity (Wildman–Crippen MR) is 64.7 cm³/mol. The van der Waals surface area contributed by atoms with Gasteiger partial charge in [-0.1, -0.05) is 0 Å². The first-order valence-corrected chi connectivity index (χ1v) is 7.45. The lowest BCUT2D eigenvalue weighted by molar-refractivity contribution is -0.0188. The molecule has 3 atom stereocenters. The van der Waals surface area contributed by atoms with E-state index in [0.717, 1.165) is 6.42 Å². The zero-order chi connectivity index (χ0) is 12.6. The fourth-order valence-electron chi connectivity index (χ4n) is 2.31. The van der Waals surface area contributed by atoms with Gasteiger partial charge < -0.3 is 10.5 Å². The van der Waals surface area contributed by atoms with Crippen LogP contribution < -0.4 is 5.73 Å². The largest absolute Gasteiger partial charge is 0.375 e. The average Bonchev–Trinajstić information content (AvgIpc) is 2.69. The van der Waals surface area contributed by atoms with E-state index >= 15 is 0 Å². The molecule has 2 rings (SSSR count). The highest BCUT2D eigenvalue weighted by molar-refractivity contribution is 7.86. The summed E-state index contributed by atoms with van der Waals surface area (Å²) in [6, 6.07) is -0.133. The molecule has 0 spiro atoms. The van der Waals surface area contributed by atoms with Crippen molar-refractivity contribution in [3.05, 3.63) is 0 Å². The molecule has 100 valence electrons. The molecule has 0 radical (unpaired) electrons. The van der Waals surface area contributed by atoms with Gasteiger partial charge in [0, 0.05) is 31.7 Å². The Kier molecular flexibility index (Phi) is 3.74. The van der Waals surface area contributed by atoms with Crippen molar-refractivity contribution in [2.24, 2.45) is 5.73 Å². The molecule has 2 aliphatic heterocycles. The van der Waals surface area contributed by atoms with Crippen molar-refractivity contribution in [3.63, 3.8) is 0 Å². The van der Waals surface area contributed by atoms with Crippen molar-refractivity contribution < 1.29 is 13.2 Å². The van der Waals surface area contributed by atoms with E-state index in [9.17, 15) is 8.42 Å². The lowest BCUT2D eigenvalue weighted by Crippen LogP contribution is -2.54. The van der Waals surface area contributed by atoms with Crippen LogP contribution in [0.1, 0.15) is 20.3 Å². The monoisotopic (exact) mass is 263 g/mol. The minimum absolute atomic E-state index is 0.0291. The summed E-state index contributed by atoms with van der Waals surface area (Å²) < 4.78 is 33.3. The Hall–Kier alpha value is -0.210. The molecule has 0 amide bonds. The molecule has 2 heterocycles. The van der Waals surface area contributed by atoms with Crippen molar-refractivity contribution in [2.75, 3.05) is 26.2 Å². The molecular formula is C10H21N3O3S. The maximum atomic E-state index is 12.4. The molecule has 7 heteroatoms. The van der Waals surface area contributed by atoms with Crippen molar-refractivity contribution in [1.29, 1.82) is 0 Å². The van der Waals surface area contributed by atoms with Crippen molar-refractivity contribution in [2.45, 2.75) is 38.5 Å². The van der Waals surface area contributed by atoms with Gasteiger partial charge in [-0.15, -0.1) is 0 Å². The molecule has 0 aliphatic carbocycles. The van der Waals surface area contributed by atoms with E-state index in [1.54, 1.807) is 4.31 Å². The fraction of sp³-hybridized carbons (Fsp3) is 1.00. The first-order chi connectivity index (χ1) is 7.91. The molecule has 2 unspecified atom stereocenters. The van der Waals surface area contributed by atoms with Crippen molar-refractivity contribution in [1.82, 2.24) is 8.61 Å². The summed E-state index contributed by atoms with van der Waals surface area (Å²) >= 11 is 0. The number of hydrogen-bond acceptors (Lipinski definition) is 4. The molecule has 2 aliphatic rings. The molecule has 17 heavy (non-hydrogen) atoms. The summed E-state index contributed by atoms with van der Waals surface area (Å²) in [5, 5.41) is 0. The second-order valence-electron chi connectivity index (χ2n) is 4.98. The summed E-state index contributed by atoms with van der Waals surface area (Å²) in [5.41, 5.74) is 5.76. The van der Waals surface area contributed by atoms with Gasteiger partial charge in [0.25, 0.3) is 10.2 Å². The SMILES string of the molecule is CC1CN(S(=O)(=O)N2CC[C@H](N)C2)C(C)CO1. The zero-order valence-corrected chi connectivity index (χ0v) is 11.2. The number of hydrogen-bond donors (Lipinski definition) is 1. The predicted octanol–water partition coefficient (Wildman–Crippen LogP) is -0.627. The van der Waals surface area contributed by atoms with Crippen LogP contribution in [0.15, 0.2) is 0 Å². The minimum Gasteiger partial charge on any atom is -0.375 e. The van der Waals surface area contributed by atoms with Crippen molar-refractivity contribution in [3.8, 4) is 0 Å². The Morgan fingerprint density at radius 2 is 2.00 bits per heavy atom. The van der Waals surface area contributed by atoms with Gasteiger partial charge in [-0.3, -0.25) is 0 Å². The third-order valence-corrected chi connectivity index (χ3v) is 5.45. The van der Waals surface area contributed by atoms with Gasteiger partial charge in [0.15, 0.2) is 0 Å². The highest BCUT2D eigenvalue weighted by Crippen LogP contribution is 2.21. The summed E-state index contributed by atoms with van der Waals surface area (Å²) in [5.74, 6) is 0. The third kappa shape index (κ3) is 2.63. The molecular weight excluding hydrogens is 242 g/mol. The first kappa shape index (κ1) is 13.2. The number of rotatable bonds is 2. The van der Waals surface area contributed by atoms with Gasteiger partial charge in [0.05, 0.1) is 12.7 Å². The van der Waals surface area contributed by atoms with Crippen LogP contribution in [0.4, 0.5) is 0 Å². The lowest BCUT2D eigenvalue weighted by Gasteiger charge is -2.37. The number of nitrogens with two attached hydrogens (primary N) is 1. The average molecular weight is 263 g/mol. The maximum Gasteiger partial charge on any atom is 0.282 e. The topological polar surface area (TPSA) is 75.9 Å². The van der Waals surface area contributed by atoms with Crippen LogP contribution in [-0.4, -0.2) is 61.5 Å². The quantitative estimate of drug-likeness (QED) is 0.720. The second-order valence-corrected chi connectivity index (χ2v) is 6.86. The molecule has 0 bridgehead atoms. The van der Waals surface area contributed by atoms with Gasteiger partial charge in [-0.2, -0.15) is 17.0 Å². The van der Waals surface area contributed by atoms with Gasteiger partial charge in [-0.05, 0) is 20.3 Å². The van der Waals surface area contributed by atoms with E-state index in [-0.39, 0.29) is 18.2 Å². The van der Waals surface area contributed by atoms with Crippen LogP contribution in [0.25, 0.3) is 0 Å². The van der Waals surface area contributed by atoms with Crippen LogP contribution in [0, 0.1) is 0 Å². The lowest BCUT2D eigenvalue weighted by atomic mass is 10.2. The highest BCUT2D eigenvalue weighted by atomic mass is 32.2. The van der Waals surface area contributed by atoms with E-state index in [0.29, 0.717) is 26.2 Å². The van der Waals surface area contributed by atoms with Gasteiger partial charge in [0.2, 0.25) is 0 Å². The molecule has 2 N–H and O–H groups in total. The molecule has 0 aromatic rings. The number of nitrogens with zero attached hydrogens (tertiary/aromatic N) is 2. The molecule has 2 saturated heterocycles. The Morgan fingerprint density at radius 3 is 2.59 bits per heavy atom. The highest BCUT2D eigenvalue weighted by Gasteiger charge is 2.39. The van der Waals surface area contributed by atoms with E-state index in [4.69, 9.17) is 10.5 Å². The van der Waals surface area contributed by atoms with Gasteiger partial charge in [-0.25, -0.2) is 0 Å². The van der Waals surface area contributed by atoms with Gasteiger partial charge in [0.1, 0.15) is 0 Å². The summed E-state index contributed by atoms with van der Waals surface area (Å²) in [6.07, 6.45) is 0.699. The third-order valence-electron chi connectivity index (χ3n) is 3.36. The second kappa shape index (κ2) is 4.81. The van der Waals surface area contributed by atoms with E-state index in [2.05, 4.69) is 0 Å². The molecule has 0 aromatic carbocycles.